The molecule has 1 fully saturated rings. The van der Waals surface area contributed by atoms with Crippen LogP contribution in [0.25, 0.3) is 11.3 Å². The van der Waals surface area contributed by atoms with E-state index in [-0.39, 0.29) is 34.6 Å². The molecule has 2 aromatic rings. The molecule has 2 heterocycles. The van der Waals surface area contributed by atoms with Crippen LogP contribution in [-0.2, 0) is 6.18 Å². The molecule has 0 unspecified atom stereocenters. The third-order valence-corrected chi connectivity index (χ3v) is 5.91. The van der Waals surface area contributed by atoms with E-state index in [4.69, 9.17) is 5.73 Å². The molecule has 1 saturated heterocycles. The molecule has 8 heteroatoms. The first-order valence-electron chi connectivity index (χ1n) is 9.62. The zero-order valence-corrected chi connectivity index (χ0v) is 17.4. The molecule has 0 bridgehead atoms. The van der Waals surface area contributed by atoms with E-state index < -0.39 is 11.7 Å². The zero-order chi connectivity index (χ0) is 21.6. The number of hydrogen-bond donors (Lipinski definition) is 2. The molecule has 0 atom stereocenters. The quantitative estimate of drug-likeness (QED) is 0.764. The summed E-state index contributed by atoms with van der Waals surface area (Å²) in [7, 11) is 2.05. The maximum Gasteiger partial charge on any atom is 0.422 e. The number of nitrogens with zero attached hydrogens (tertiary/aromatic N) is 3. The minimum atomic E-state index is -4.63. The number of piperidine rings is 1. The van der Waals surface area contributed by atoms with Gasteiger partial charge in [0.15, 0.2) is 0 Å². The monoisotopic (exact) mass is 407 g/mol. The number of hydrogen-bond acceptors (Lipinski definition) is 5. The number of likely N-dealkylation sites (tertiary alicyclic amines) is 1. The van der Waals surface area contributed by atoms with E-state index in [1.54, 1.807) is 30.3 Å². The number of nitrogens with two attached hydrogens (primary N) is 1. The highest BCUT2D eigenvalue weighted by Crippen LogP contribution is 2.43. The second-order valence-corrected chi connectivity index (χ2v) is 8.95. The van der Waals surface area contributed by atoms with E-state index in [2.05, 4.69) is 47.9 Å². The Kier molecular flexibility index (Phi) is 5.28. The van der Waals surface area contributed by atoms with Crippen LogP contribution in [0.2, 0.25) is 0 Å². The fourth-order valence-corrected chi connectivity index (χ4v) is 4.32. The summed E-state index contributed by atoms with van der Waals surface area (Å²) in [6.45, 7) is 8.38. The van der Waals surface area contributed by atoms with Crippen LogP contribution in [0.3, 0.4) is 0 Å². The molecule has 158 valence electrons. The van der Waals surface area contributed by atoms with Gasteiger partial charge >= 0.3 is 6.18 Å². The second kappa shape index (κ2) is 7.16. The van der Waals surface area contributed by atoms with Crippen LogP contribution in [-0.4, -0.2) is 39.0 Å². The van der Waals surface area contributed by atoms with Crippen LogP contribution in [0, 0.1) is 0 Å². The highest BCUT2D eigenvalue weighted by Gasteiger charge is 2.45. The lowest BCUT2D eigenvalue weighted by Crippen LogP contribution is -2.61. The van der Waals surface area contributed by atoms with E-state index in [9.17, 15) is 13.2 Å². The molecular formula is C21H28F3N5. The van der Waals surface area contributed by atoms with Gasteiger partial charge in [-0.3, -0.25) is 4.90 Å². The molecule has 1 aliphatic rings. The lowest BCUT2D eigenvalue weighted by Gasteiger charge is -2.53. The lowest BCUT2D eigenvalue weighted by atomic mass is 9.77. The second-order valence-electron chi connectivity index (χ2n) is 8.95. The van der Waals surface area contributed by atoms with Crippen molar-refractivity contribution in [3.63, 3.8) is 0 Å². The van der Waals surface area contributed by atoms with Crippen molar-refractivity contribution in [2.45, 2.75) is 63.8 Å². The molecule has 3 rings (SSSR count). The number of rotatable bonds is 3. The first-order valence-corrected chi connectivity index (χ1v) is 9.62. The number of anilines is 2. The highest BCUT2D eigenvalue weighted by molar-refractivity contribution is 5.71. The van der Waals surface area contributed by atoms with Crippen molar-refractivity contribution in [1.29, 1.82) is 0 Å². The number of benzene rings is 1. The molecule has 0 amide bonds. The maximum absolute atomic E-state index is 14.1. The molecule has 3 N–H and O–H groups in total. The van der Waals surface area contributed by atoms with Crippen LogP contribution in [0.4, 0.5) is 24.9 Å². The van der Waals surface area contributed by atoms with Gasteiger partial charge in [-0.05, 0) is 47.6 Å². The van der Waals surface area contributed by atoms with Crippen molar-refractivity contribution in [3.05, 3.63) is 35.9 Å². The SMILES string of the molecule is CN1C(C)(C)CC(Nc2nc(N)nc(-c3ccccc3)c2C(F)(F)F)CC1(C)C. The summed E-state index contributed by atoms with van der Waals surface area (Å²) in [5, 5.41) is 3.06. The number of aromatic nitrogens is 2. The summed E-state index contributed by atoms with van der Waals surface area (Å²) in [5.74, 6) is -0.448. The van der Waals surface area contributed by atoms with Gasteiger partial charge in [0.2, 0.25) is 5.95 Å². The van der Waals surface area contributed by atoms with Crippen LogP contribution in [0.1, 0.15) is 46.1 Å². The Balaban J connectivity index is 2.07. The van der Waals surface area contributed by atoms with Gasteiger partial charge in [0.25, 0.3) is 0 Å². The van der Waals surface area contributed by atoms with Crippen molar-refractivity contribution in [2.75, 3.05) is 18.1 Å². The average Bonchev–Trinajstić information content (AvgIpc) is 2.58. The molecular weight excluding hydrogens is 379 g/mol. The van der Waals surface area contributed by atoms with E-state index in [0.29, 0.717) is 18.4 Å². The third-order valence-electron chi connectivity index (χ3n) is 5.91. The minimum Gasteiger partial charge on any atom is -0.368 e. The summed E-state index contributed by atoms with van der Waals surface area (Å²) in [4.78, 5) is 10.2. The Labute approximate surface area is 169 Å². The molecule has 0 saturated carbocycles. The van der Waals surface area contributed by atoms with Gasteiger partial charge in [-0.15, -0.1) is 0 Å². The zero-order valence-electron chi connectivity index (χ0n) is 17.4. The first kappa shape index (κ1) is 21.4. The standard InChI is InChI=1S/C21H28F3N5/c1-19(2)11-14(12-20(3,4)29(19)5)26-17-15(21(22,23)24)16(27-18(25)28-17)13-9-7-6-8-10-13/h6-10,14H,11-12H2,1-5H3,(H3,25,26,27,28). The summed E-state index contributed by atoms with van der Waals surface area (Å²) in [6.07, 6.45) is -3.28. The van der Waals surface area contributed by atoms with Gasteiger partial charge in [0.05, 0.1) is 5.69 Å². The molecule has 0 radical (unpaired) electrons. The van der Waals surface area contributed by atoms with Gasteiger partial charge < -0.3 is 11.1 Å². The van der Waals surface area contributed by atoms with Crippen molar-refractivity contribution in [2.24, 2.45) is 0 Å². The van der Waals surface area contributed by atoms with Crippen LogP contribution >= 0.6 is 0 Å². The van der Waals surface area contributed by atoms with Gasteiger partial charge in [0, 0.05) is 22.7 Å². The van der Waals surface area contributed by atoms with Gasteiger partial charge in [-0.2, -0.15) is 18.2 Å². The van der Waals surface area contributed by atoms with Crippen LogP contribution in [0.15, 0.2) is 30.3 Å². The number of nitrogens with one attached hydrogen (secondary N) is 1. The third kappa shape index (κ3) is 4.32. The van der Waals surface area contributed by atoms with Gasteiger partial charge in [-0.1, -0.05) is 30.3 Å². The molecule has 0 spiro atoms. The summed E-state index contributed by atoms with van der Waals surface area (Å²) < 4.78 is 42.2. The Hall–Kier alpha value is -2.35. The largest absolute Gasteiger partial charge is 0.422 e. The minimum absolute atomic E-state index is 0.182. The van der Waals surface area contributed by atoms with Crippen molar-refractivity contribution >= 4 is 11.8 Å². The Morgan fingerprint density at radius 2 is 1.59 bits per heavy atom. The average molecular weight is 407 g/mol. The highest BCUT2D eigenvalue weighted by atomic mass is 19.4. The number of halogens is 3. The Bertz CT molecular complexity index is 860. The smallest absolute Gasteiger partial charge is 0.368 e. The fraction of sp³-hybridized carbons (Fsp3) is 0.524. The van der Waals surface area contributed by atoms with Crippen LogP contribution < -0.4 is 11.1 Å². The van der Waals surface area contributed by atoms with E-state index >= 15 is 0 Å². The molecule has 29 heavy (non-hydrogen) atoms. The Morgan fingerprint density at radius 3 is 2.10 bits per heavy atom. The summed E-state index contributed by atoms with van der Waals surface area (Å²) >= 11 is 0. The Morgan fingerprint density at radius 1 is 1.03 bits per heavy atom. The maximum atomic E-state index is 14.1. The van der Waals surface area contributed by atoms with Gasteiger partial charge in [0.1, 0.15) is 11.4 Å². The number of nitrogen functional groups attached to an aromatic ring is 1. The molecule has 0 aliphatic carbocycles. The van der Waals surface area contributed by atoms with Crippen molar-refractivity contribution in [3.8, 4) is 11.3 Å². The van der Waals surface area contributed by atoms with E-state index in [1.165, 1.54) is 0 Å². The summed E-state index contributed by atoms with van der Waals surface area (Å²) in [5.41, 5.74) is 4.70. The molecule has 1 aromatic carbocycles. The first-order chi connectivity index (χ1) is 13.3. The predicted octanol–water partition coefficient (Wildman–Crippen LogP) is 4.81. The van der Waals surface area contributed by atoms with Gasteiger partial charge in [-0.25, -0.2) is 4.98 Å². The normalized spacial score (nSPS) is 19.9. The van der Waals surface area contributed by atoms with Crippen molar-refractivity contribution in [1.82, 2.24) is 14.9 Å². The fourth-order valence-electron chi connectivity index (χ4n) is 4.32. The molecule has 1 aliphatic heterocycles. The topological polar surface area (TPSA) is 67.1 Å². The number of alkyl halides is 3. The van der Waals surface area contributed by atoms with E-state index in [0.717, 1.165) is 0 Å². The van der Waals surface area contributed by atoms with Crippen molar-refractivity contribution < 1.29 is 13.2 Å². The molecule has 1 aromatic heterocycles. The summed E-state index contributed by atoms with van der Waals surface area (Å²) in [6, 6.07) is 8.07. The molecule has 5 nitrogen and oxygen atoms in total. The van der Waals surface area contributed by atoms with E-state index in [1.807, 2.05) is 7.05 Å². The lowest BCUT2D eigenvalue weighted by molar-refractivity contribution is -0.136. The predicted molar refractivity (Wildman–Crippen MR) is 109 cm³/mol. The van der Waals surface area contributed by atoms with Crippen LogP contribution in [0.5, 0.6) is 0 Å².